The quantitative estimate of drug-likeness (QED) is 0.760. The van der Waals surface area contributed by atoms with Crippen molar-refractivity contribution in [2.75, 3.05) is 0 Å². The van der Waals surface area contributed by atoms with Crippen LogP contribution in [0.5, 0.6) is 0 Å². The summed E-state index contributed by atoms with van der Waals surface area (Å²) in [4.78, 5) is 34.6. The Hall–Kier alpha value is -1.89. The monoisotopic (exact) mass is 367 g/mol. The first kappa shape index (κ1) is 16.5. The molecule has 0 spiro atoms. The Bertz CT molecular complexity index is 583. The fourth-order valence-electron chi connectivity index (χ4n) is 2.63. The van der Waals surface area contributed by atoms with E-state index in [4.69, 9.17) is 5.73 Å². The van der Waals surface area contributed by atoms with Crippen molar-refractivity contribution in [2.24, 2.45) is 11.7 Å². The third-order valence-corrected chi connectivity index (χ3v) is 4.49. The van der Waals surface area contributed by atoms with Crippen LogP contribution in [0, 0.1) is 5.92 Å². The second-order valence-electron chi connectivity index (χ2n) is 5.36. The van der Waals surface area contributed by atoms with Crippen molar-refractivity contribution in [1.82, 2.24) is 10.6 Å². The van der Waals surface area contributed by atoms with Gasteiger partial charge in [0.15, 0.2) is 0 Å². The van der Waals surface area contributed by atoms with Gasteiger partial charge in [-0.1, -0.05) is 12.1 Å². The van der Waals surface area contributed by atoms with Crippen LogP contribution in [-0.4, -0.2) is 23.9 Å². The molecule has 1 aromatic rings. The molecule has 0 heterocycles. The zero-order valence-corrected chi connectivity index (χ0v) is 13.6. The van der Waals surface area contributed by atoms with Crippen molar-refractivity contribution in [3.05, 3.63) is 34.3 Å². The molecule has 4 N–H and O–H groups in total. The van der Waals surface area contributed by atoms with Gasteiger partial charge in [-0.2, -0.15) is 0 Å². The van der Waals surface area contributed by atoms with Gasteiger partial charge < -0.3 is 11.1 Å². The Balaban J connectivity index is 1.85. The minimum atomic E-state index is -0.825. The van der Waals surface area contributed by atoms with Crippen LogP contribution in [0.25, 0.3) is 0 Å². The molecule has 0 atom stereocenters. The third-order valence-electron chi connectivity index (χ3n) is 3.80. The standard InChI is InChI=1S/C15H18BrN3O3/c16-12-4-2-1-3-11(12)14(21)18-10-7-5-9(6-8-10)13(20)19-15(17)22/h1-4,9-10H,5-8H2,(H,18,21)(H3,17,19,20,22). The van der Waals surface area contributed by atoms with E-state index in [0.29, 0.717) is 31.2 Å². The summed E-state index contributed by atoms with van der Waals surface area (Å²) in [6, 6.07) is 6.45. The van der Waals surface area contributed by atoms with Crippen LogP contribution < -0.4 is 16.4 Å². The highest BCUT2D eigenvalue weighted by atomic mass is 79.9. The molecule has 4 amide bonds. The Labute approximate surface area is 137 Å². The molecule has 0 aromatic heterocycles. The topological polar surface area (TPSA) is 101 Å². The smallest absolute Gasteiger partial charge is 0.318 e. The predicted octanol–water partition coefficient (Wildman–Crippen LogP) is 1.93. The average Bonchev–Trinajstić information content (AvgIpc) is 2.47. The number of halogens is 1. The molecule has 2 rings (SSSR count). The molecule has 0 saturated heterocycles. The highest BCUT2D eigenvalue weighted by Gasteiger charge is 2.28. The second-order valence-corrected chi connectivity index (χ2v) is 6.21. The van der Waals surface area contributed by atoms with E-state index in [1.54, 1.807) is 6.07 Å². The molecular weight excluding hydrogens is 350 g/mol. The first-order chi connectivity index (χ1) is 10.5. The van der Waals surface area contributed by atoms with Crippen molar-refractivity contribution in [2.45, 2.75) is 31.7 Å². The van der Waals surface area contributed by atoms with Crippen LogP contribution in [0.1, 0.15) is 36.0 Å². The maximum absolute atomic E-state index is 12.2. The first-order valence-corrected chi connectivity index (χ1v) is 7.92. The number of carbonyl (C=O) groups excluding carboxylic acids is 3. The number of hydrogen-bond donors (Lipinski definition) is 3. The predicted molar refractivity (Wildman–Crippen MR) is 85.1 cm³/mol. The van der Waals surface area contributed by atoms with Crippen molar-refractivity contribution in [3.8, 4) is 0 Å². The Morgan fingerprint density at radius 2 is 1.73 bits per heavy atom. The molecule has 7 heteroatoms. The summed E-state index contributed by atoms with van der Waals surface area (Å²) < 4.78 is 0.752. The molecule has 0 radical (unpaired) electrons. The summed E-state index contributed by atoms with van der Waals surface area (Å²) in [5.41, 5.74) is 5.53. The molecule has 0 unspecified atom stereocenters. The Morgan fingerprint density at radius 3 is 2.32 bits per heavy atom. The molecule has 1 saturated carbocycles. The van der Waals surface area contributed by atoms with Gasteiger partial charge >= 0.3 is 6.03 Å². The number of imide groups is 1. The normalized spacial score (nSPS) is 21.0. The molecule has 1 fully saturated rings. The molecule has 1 aliphatic carbocycles. The molecule has 22 heavy (non-hydrogen) atoms. The maximum Gasteiger partial charge on any atom is 0.318 e. The van der Waals surface area contributed by atoms with Gasteiger partial charge in [-0.3, -0.25) is 14.9 Å². The largest absolute Gasteiger partial charge is 0.351 e. The van der Waals surface area contributed by atoms with Gasteiger partial charge in [-0.25, -0.2) is 4.79 Å². The zero-order valence-electron chi connectivity index (χ0n) is 12.0. The average molecular weight is 368 g/mol. The number of carbonyl (C=O) groups is 3. The fraction of sp³-hybridized carbons (Fsp3) is 0.400. The van der Waals surface area contributed by atoms with Crippen LogP contribution in [0.4, 0.5) is 4.79 Å². The fourth-order valence-corrected chi connectivity index (χ4v) is 3.10. The van der Waals surface area contributed by atoms with Gasteiger partial charge in [0, 0.05) is 16.4 Å². The summed E-state index contributed by atoms with van der Waals surface area (Å²) >= 11 is 3.36. The summed E-state index contributed by atoms with van der Waals surface area (Å²) in [6.45, 7) is 0. The van der Waals surface area contributed by atoms with Crippen LogP contribution in [-0.2, 0) is 4.79 Å². The second kappa shape index (κ2) is 7.40. The number of primary amides is 1. The molecule has 1 aliphatic rings. The number of nitrogens with two attached hydrogens (primary N) is 1. The number of nitrogens with one attached hydrogen (secondary N) is 2. The van der Waals surface area contributed by atoms with Crippen LogP contribution in [0.2, 0.25) is 0 Å². The number of amides is 4. The summed E-state index contributed by atoms with van der Waals surface area (Å²) in [5.74, 6) is -0.676. The summed E-state index contributed by atoms with van der Waals surface area (Å²) in [6.07, 6.45) is 2.65. The van der Waals surface area contributed by atoms with Gasteiger partial charge in [0.2, 0.25) is 5.91 Å². The van der Waals surface area contributed by atoms with E-state index >= 15 is 0 Å². The number of benzene rings is 1. The maximum atomic E-state index is 12.2. The van der Waals surface area contributed by atoms with Gasteiger partial charge in [0.1, 0.15) is 0 Å². The SMILES string of the molecule is NC(=O)NC(=O)C1CCC(NC(=O)c2ccccc2Br)CC1. The molecule has 0 bridgehead atoms. The molecule has 6 nitrogen and oxygen atoms in total. The van der Waals surface area contributed by atoms with Crippen molar-refractivity contribution >= 4 is 33.8 Å². The Morgan fingerprint density at radius 1 is 1.09 bits per heavy atom. The lowest BCUT2D eigenvalue weighted by Gasteiger charge is -2.28. The van der Waals surface area contributed by atoms with E-state index in [1.165, 1.54) is 0 Å². The van der Waals surface area contributed by atoms with Crippen LogP contribution >= 0.6 is 15.9 Å². The van der Waals surface area contributed by atoms with E-state index < -0.39 is 6.03 Å². The highest BCUT2D eigenvalue weighted by Crippen LogP contribution is 2.25. The molecular formula is C15H18BrN3O3. The molecule has 118 valence electrons. The van der Waals surface area contributed by atoms with Gasteiger partial charge in [0.25, 0.3) is 5.91 Å². The van der Waals surface area contributed by atoms with E-state index in [0.717, 1.165) is 4.47 Å². The summed E-state index contributed by atoms with van der Waals surface area (Å²) in [5, 5.41) is 5.09. The van der Waals surface area contributed by atoms with Gasteiger partial charge in [0.05, 0.1) is 5.56 Å². The highest BCUT2D eigenvalue weighted by molar-refractivity contribution is 9.10. The van der Waals surface area contributed by atoms with E-state index in [9.17, 15) is 14.4 Å². The van der Waals surface area contributed by atoms with Gasteiger partial charge in [-0.15, -0.1) is 0 Å². The van der Waals surface area contributed by atoms with E-state index in [-0.39, 0.29) is 23.8 Å². The zero-order chi connectivity index (χ0) is 16.1. The number of rotatable bonds is 3. The van der Waals surface area contributed by atoms with Crippen LogP contribution in [0.3, 0.4) is 0 Å². The lowest BCUT2D eigenvalue weighted by Crippen LogP contribution is -2.43. The molecule has 1 aromatic carbocycles. The van der Waals surface area contributed by atoms with Crippen molar-refractivity contribution < 1.29 is 14.4 Å². The lowest BCUT2D eigenvalue weighted by atomic mass is 9.85. The van der Waals surface area contributed by atoms with E-state index in [1.807, 2.05) is 18.2 Å². The van der Waals surface area contributed by atoms with E-state index in [2.05, 4.69) is 26.6 Å². The lowest BCUT2D eigenvalue weighted by molar-refractivity contribution is -0.124. The molecule has 0 aliphatic heterocycles. The van der Waals surface area contributed by atoms with Crippen LogP contribution in [0.15, 0.2) is 28.7 Å². The van der Waals surface area contributed by atoms with Gasteiger partial charge in [-0.05, 0) is 53.7 Å². The number of urea groups is 1. The minimum Gasteiger partial charge on any atom is -0.351 e. The van der Waals surface area contributed by atoms with Crippen molar-refractivity contribution in [1.29, 1.82) is 0 Å². The van der Waals surface area contributed by atoms with Crippen molar-refractivity contribution in [3.63, 3.8) is 0 Å². The number of hydrogen-bond acceptors (Lipinski definition) is 3. The summed E-state index contributed by atoms with van der Waals surface area (Å²) in [7, 11) is 0. The third kappa shape index (κ3) is 4.30. The Kier molecular flexibility index (Phi) is 5.54. The minimum absolute atomic E-state index is 0.0391. The first-order valence-electron chi connectivity index (χ1n) is 7.13.